The molecule has 0 heterocycles. The van der Waals surface area contributed by atoms with Crippen LogP contribution in [0.2, 0.25) is 0 Å². The first kappa shape index (κ1) is 15.1. The maximum absolute atomic E-state index is 12.4. The zero-order valence-corrected chi connectivity index (χ0v) is 12.9. The summed E-state index contributed by atoms with van der Waals surface area (Å²) in [6, 6.07) is 15.8. The lowest BCUT2D eigenvalue weighted by molar-refractivity contribution is 0.257. The molecule has 0 fully saturated rings. The van der Waals surface area contributed by atoms with Crippen molar-refractivity contribution in [2.45, 2.75) is 27.2 Å². The lowest BCUT2D eigenvalue weighted by atomic mass is 10.1. The van der Waals surface area contributed by atoms with Gasteiger partial charge < -0.3 is 5.32 Å². The molecule has 0 saturated carbocycles. The predicted octanol–water partition coefficient (Wildman–Crippen LogP) is 4.62. The number of rotatable bonds is 4. The molecule has 0 aromatic heterocycles. The zero-order valence-electron chi connectivity index (χ0n) is 12.9. The Labute approximate surface area is 126 Å². The van der Waals surface area contributed by atoms with E-state index in [9.17, 15) is 4.79 Å². The van der Waals surface area contributed by atoms with Crippen LogP contribution in [-0.2, 0) is 6.42 Å². The van der Waals surface area contributed by atoms with E-state index in [0.717, 1.165) is 23.4 Å². The highest BCUT2D eigenvalue weighted by Gasteiger charge is 2.13. The molecule has 0 atom stereocenters. The number of anilines is 2. The third-order valence-electron chi connectivity index (χ3n) is 3.49. The lowest BCUT2D eigenvalue weighted by Crippen LogP contribution is -2.34. The van der Waals surface area contributed by atoms with Crippen molar-refractivity contribution in [3.05, 3.63) is 59.7 Å². The molecule has 0 spiro atoms. The Bertz CT molecular complexity index is 605. The molecule has 0 radical (unpaired) electrons. The average Bonchev–Trinajstić information content (AvgIpc) is 2.49. The summed E-state index contributed by atoms with van der Waals surface area (Å²) < 4.78 is 0. The standard InChI is InChI=1S/C18H22N2O/c1-4-15-9-11-16(12-10-15)19-18(21)20(5-2)17-8-6-7-14(3)13-17/h6-13H,4-5H2,1-3H3,(H,19,21). The number of nitrogens with zero attached hydrogens (tertiary/aromatic N) is 1. The summed E-state index contributed by atoms with van der Waals surface area (Å²) in [7, 11) is 0. The Kier molecular flexibility index (Phi) is 4.99. The molecule has 2 amide bonds. The van der Waals surface area contributed by atoms with Crippen LogP contribution in [0.1, 0.15) is 25.0 Å². The molecule has 2 rings (SSSR count). The Morgan fingerprint density at radius 3 is 2.38 bits per heavy atom. The zero-order chi connectivity index (χ0) is 15.2. The molecule has 0 aliphatic rings. The first-order valence-corrected chi connectivity index (χ1v) is 7.38. The van der Waals surface area contributed by atoms with E-state index < -0.39 is 0 Å². The minimum atomic E-state index is -0.104. The highest BCUT2D eigenvalue weighted by atomic mass is 16.2. The normalized spacial score (nSPS) is 10.2. The van der Waals surface area contributed by atoms with Gasteiger partial charge in [-0.1, -0.05) is 31.2 Å². The van der Waals surface area contributed by atoms with Crippen LogP contribution in [0.25, 0.3) is 0 Å². The summed E-state index contributed by atoms with van der Waals surface area (Å²) in [6.45, 7) is 6.74. The van der Waals surface area contributed by atoms with Gasteiger partial charge in [0.1, 0.15) is 0 Å². The predicted molar refractivity (Wildman–Crippen MR) is 89.0 cm³/mol. The van der Waals surface area contributed by atoms with Gasteiger partial charge in [-0.3, -0.25) is 4.90 Å². The Hall–Kier alpha value is -2.29. The number of urea groups is 1. The molecule has 110 valence electrons. The number of carbonyl (C=O) groups is 1. The summed E-state index contributed by atoms with van der Waals surface area (Å²) in [5.41, 5.74) is 4.15. The highest BCUT2D eigenvalue weighted by Crippen LogP contribution is 2.18. The van der Waals surface area contributed by atoms with Crippen molar-refractivity contribution in [3.8, 4) is 0 Å². The third kappa shape index (κ3) is 3.85. The first-order valence-electron chi connectivity index (χ1n) is 7.38. The van der Waals surface area contributed by atoms with E-state index in [2.05, 4.69) is 12.2 Å². The van der Waals surface area contributed by atoms with Crippen molar-refractivity contribution in [1.29, 1.82) is 0 Å². The van der Waals surface area contributed by atoms with Crippen LogP contribution < -0.4 is 10.2 Å². The molecule has 0 unspecified atom stereocenters. The smallest absolute Gasteiger partial charge is 0.308 e. The van der Waals surface area contributed by atoms with Gasteiger partial charge >= 0.3 is 6.03 Å². The van der Waals surface area contributed by atoms with E-state index in [1.165, 1.54) is 5.56 Å². The second-order valence-corrected chi connectivity index (χ2v) is 5.06. The fourth-order valence-corrected chi connectivity index (χ4v) is 2.25. The molecule has 0 saturated heterocycles. The van der Waals surface area contributed by atoms with Crippen LogP contribution >= 0.6 is 0 Å². The number of amides is 2. The minimum Gasteiger partial charge on any atom is -0.308 e. The quantitative estimate of drug-likeness (QED) is 0.872. The van der Waals surface area contributed by atoms with Gasteiger partial charge in [-0.2, -0.15) is 0 Å². The minimum absolute atomic E-state index is 0.104. The van der Waals surface area contributed by atoms with Crippen LogP contribution in [0.4, 0.5) is 16.2 Å². The third-order valence-corrected chi connectivity index (χ3v) is 3.49. The van der Waals surface area contributed by atoms with E-state index in [1.807, 2.05) is 62.4 Å². The van der Waals surface area contributed by atoms with Crippen LogP contribution in [0.3, 0.4) is 0 Å². The van der Waals surface area contributed by atoms with Crippen molar-refractivity contribution >= 4 is 17.4 Å². The Morgan fingerprint density at radius 1 is 1.10 bits per heavy atom. The van der Waals surface area contributed by atoms with Crippen molar-refractivity contribution in [2.75, 3.05) is 16.8 Å². The van der Waals surface area contributed by atoms with E-state index >= 15 is 0 Å². The fourth-order valence-electron chi connectivity index (χ4n) is 2.25. The summed E-state index contributed by atoms with van der Waals surface area (Å²) >= 11 is 0. The van der Waals surface area contributed by atoms with E-state index in [4.69, 9.17) is 0 Å². The molecule has 0 aliphatic carbocycles. The van der Waals surface area contributed by atoms with E-state index in [-0.39, 0.29) is 6.03 Å². The number of nitrogens with one attached hydrogen (secondary N) is 1. The molecule has 2 aromatic rings. The molecule has 3 nitrogen and oxygen atoms in total. The van der Waals surface area contributed by atoms with E-state index in [1.54, 1.807) is 4.90 Å². The monoisotopic (exact) mass is 282 g/mol. The maximum Gasteiger partial charge on any atom is 0.326 e. The van der Waals surface area contributed by atoms with Gasteiger partial charge in [-0.05, 0) is 55.7 Å². The molecular formula is C18H22N2O. The van der Waals surface area contributed by atoms with Crippen LogP contribution in [-0.4, -0.2) is 12.6 Å². The van der Waals surface area contributed by atoms with Crippen LogP contribution in [0, 0.1) is 6.92 Å². The first-order chi connectivity index (χ1) is 10.1. The molecule has 21 heavy (non-hydrogen) atoms. The molecule has 3 heteroatoms. The highest BCUT2D eigenvalue weighted by molar-refractivity contribution is 6.01. The van der Waals surface area contributed by atoms with Crippen molar-refractivity contribution < 1.29 is 4.79 Å². The number of benzene rings is 2. The number of hydrogen-bond donors (Lipinski definition) is 1. The summed E-state index contributed by atoms with van der Waals surface area (Å²) in [5.74, 6) is 0. The van der Waals surface area contributed by atoms with Gasteiger partial charge in [0.05, 0.1) is 0 Å². The van der Waals surface area contributed by atoms with Gasteiger partial charge in [-0.15, -0.1) is 0 Å². The molecule has 2 aromatic carbocycles. The fraction of sp³-hybridized carbons (Fsp3) is 0.278. The molecule has 0 aliphatic heterocycles. The van der Waals surface area contributed by atoms with Gasteiger partial charge in [0, 0.05) is 17.9 Å². The van der Waals surface area contributed by atoms with Crippen molar-refractivity contribution in [2.24, 2.45) is 0 Å². The SMILES string of the molecule is CCc1ccc(NC(=O)N(CC)c2cccc(C)c2)cc1. The van der Waals surface area contributed by atoms with Crippen LogP contribution in [0.5, 0.6) is 0 Å². The molecule has 0 bridgehead atoms. The Morgan fingerprint density at radius 2 is 1.81 bits per heavy atom. The van der Waals surface area contributed by atoms with Crippen LogP contribution in [0.15, 0.2) is 48.5 Å². The van der Waals surface area contributed by atoms with Gasteiger partial charge in [0.15, 0.2) is 0 Å². The topological polar surface area (TPSA) is 32.3 Å². The largest absolute Gasteiger partial charge is 0.326 e. The Balaban J connectivity index is 2.12. The lowest BCUT2D eigenvalue weighted by Gasteiger charge is -2.22. The van der Waals surface area contributed by atoms with Gasteiger partial charge in [0.2, 0.25) is 0 Å². The maximum atomic E-state index is 12.4. The van der Waals surface area contributed by atoms with Crippen molar-refractivity contribution in [3.63, 3.8) is 0 Å². The number of carbonyl (C=O) groups excluding carboxylic acids is 1. The number of aryl methyl sites for hydroxylation is 2. The summed E-state index contributed by atoms with van der Waals surface area (Å²) in [5, 5.41) is 2.95. The van der Waals surface area contributed by atoms with Gasteiger partial charge in [0.25, 0.3) is 0 Å². The van der Waals surface area contributed by atoms with E-state index in [0.29, 0.717) is 6.54 Å². The molecule has 1 N–H and O–H groups in total. The number of hydrogen-bond acceptors (Lipinski definition) is 1. The second kappa shape index (κ2) is 6.93. The average molecular weight is 282 g/mol. The second-order valence-electron chi connectivity index (χ2n) is 5.06. The summed E-state index contributed by atoms with van der Waals surface area (Å²) in [6.07, 6.45) is 0.999. The molecular weight excluding hydrogens is 260 g/mol. The summed E-state index contributed by atoms with van der Waals surface area (Å²) in [4.78, 5) is 14.2. The van der Waals surface area contributed by atoms with Crippen molar-refractivity contribution in [1.82, 2.24) is 0 Å². The van der Waals surface area contributed by atoms with Gasteiger partial charge in [-0.25, -0.2) is 4.79 Å².